The maximum Gasteiger partial charge on any atom is 0.416 e. The normalized spacial score (nSPS) is 12.4. The Morgan fingerprint density at radius 1 is 0.882 bits per heavy atom. The number of rotatable bonds is 5. The van der Waals surface area contributed by atoms with Crippen molar-refractivity contribution in [3.8, 4) is 11.1 Å². The molecule has 4 aromatic carbocycles. The fourth-order valence-electron chi connectivity index (χ4n) is 4.07. The maximum absolute atomic E-state index is 13.2. The first-order valence-corrected chi connectivity index (χ1v) is 10.9. The third kappa shape index (κ3) is 4.62. The number of alkyl halides is 3. The number of nitrogens with zero attached hydrogens (tertiary/aromatic N) is 1. The summed E-state index contributed by atoms with van der Waals surface area (Å²) in [4.78, 5) is 14.9. The molecule has 0 saturated heterocycles. The first kappa shape index (κ1) is 23.4. The molecule has 174 valence electrons. The second-order valence-corrected chi connectivity index (χ2v) is 8.28. The highest BCUT2D eigenvalue weighted by Gasteiger charge is 2.30. The van der Waals surface area contributed by atoms with Gasteiger partial charge in [-0.05, 0) is 70.8 Å². The predicted molar refractivity (Wildman–Crippen MR) is 131 cm³/mol. The minimum Gasteiger partial charge on any atom is -0.388 e. The van der Waals surface area contributed by atoms with Crippen molar-refractivity contribution in [3.05, 3.63) is 102 Å². The lowest BCUT2D eigenvalue weighted by Gasteiger charge is -2.27. The van der Waals surface area contributed by atoms with E-state index in [1.807, 2.05) is 38.2 Å². The molecular weight excluding hydrogens is 437 g/mol. The Bertz CT molecular complexity index is 1310. The van der Waals surface area contributed by atoms with Gasteiger partial charge in [0.1, 0.15) is 0 Å². The maximum atomic E-state index is 13.2. The van der Waals surface area contributed by atoms with Crippen LogP contribution < -0.4 is 5.32 Å². The number of benzene rings is 4. The van der Waals surface area contributed by atoms with Gasteiger partial charge in [0.05, 0.1) is 11.6 Å². The molecule has 0 heterocycles. The predicted octanol–water partition coefficient (Wildman–Crippen LogP) is 7.40. The monoisotopic (exact) mass is 462 g/mol. The number of carbonyl (C=O) groups excluding carboxylic acids is 1. The Morgan fingerprint density at radius 2 is 1.50 bits per heavy atom. The summed E-state index contributed by atoms with van der Waals surface area (Å²) in [5, 5.41) is 5.33. The van der Waals surface area contributed by atoms with Crippen LogP contribution in [-0.2, 0) is 6.18 Å². The summed E-state index contributed by atoms with van der Waals surface area (Å²) in [5.41, 5.74) is 3.31. The van der Waals surface area contributed by atoms with E-state index in [-0.39, 0.29) is 11.9 Å². The molecule has 0 radical (unpaired) electrons. The molecule has 1 unspecified atom stereocenters. The molecule has 0 aromatic heterocycles. The number of nitrogens with one attached hydrogen (secondary N) is 1. The fourth-order valence-corrected chi connectivity index (χ4v) is 4.07. The molecule has 1 N–H and O–H groups in total. The molecule has 0 aliphatic heterocycles. The Balaban J connectivity index is 1.54. The molecule has 0 aliphatic rings. The van der Waals surface area contributed by atoms with Crippen LogP contribution in [0.5, 0.6) is 0 Å². The number of amides is 1. The van der Waals surface area contributed by atoms with Gasteiger partial charge in [0.25, 0.3) is 5.91 Å². The van der Waals surface area contributed by atoms with Gasteiger partial charge in [0.15, 0.2) is 0 Å². The van der Waals surface area contributed by atoms with E-state index < -0.39 is 11.7 Å². The number of halogens is 3. The number of anilines is 1. The lowest BCUT2D eigenvalue weighted by atomic mass is 9.97. The molecule has 4 aromatic rings. The lowest BCUT2D eigenvalue weighted by Crippen LogP contribution is -2.29. The molecule has 0 spiro atoms. The second-order valence-electron chi connectivity index (χ2n) is 8.28. The van der Waals surface area contributed by atoms with Crippen molar-refractivity contribution >= 4 is 22.4 Å². The van der Waals surface area contributed by atoms with Crippen LogP contribution >= 0.6 is 0 Å². The van der Waals surface area contributed by atoms with Gasteiger partial charge in [0, 0.05) is 25.3 Å². The zero-order valence-corrected chi connectivity index (χ0v) is 19.1. The highest BCUT2D eigenvalue weighted by Crippen LogP contribution is 2.32. The summed E-state index contributed by atoms with van der Waals surface area (Å²) in [6.45, 7) is 2.00. The zero-order chi connectivity index (χ0) is 24.5. The van der Waals surface area contributed by atoms with E-state index in [9.17, 15) is 18.0 Å². The average Bonchev–Trinajstić information content (AvgIpc) is 2.86. The van der Waals surface area contributed by atoms with Crippen LogP contribution in [0.1, 0.15) is 34.5 Å². The molecule has 3 nitrogen and oxygen atoms in total. The summed E-state index contributed by atoms with van der Waals surface area (Å²) < 4.78 is 38.4. The van der Waals surface area contributed by atoms with Crippen molar-refractivity contribution in [2.45, 2.75) is 19.1 Å². The molecule has 6 heteroatoms. The molecule has 34 heavy (non-hydrogen) atoms. The first-order chi connectivity index (χ1) is 16.2. The summed E-state index contributed by atoms with van der Waals surface area (Å²) in [6.07, 6.45) is -4.37. The summed E-state index contributed by atoms with van der Waals surface area (Å²) in [7, 11) is 3.65. The SMILES string of the molecule is CNc1ccc2c(C(C)N(C)C(=O)c3ccc(-c4ccc(C(F)(F)F)cc4)cc3)cccc2c1. The van der Waals surface area contributed by atoms with E-state index in [1.54, 1.807) is 36.2 Å². The number of hydrogen-bond donors (Lipinski definition) is 1. The van der Waals surface area contributed by atoms with Crippen molar-refractivity contribution in [2.75, 3.05) is 19.4 Å². The highest BCUT2D eigenvalue weighted by atomic mass is 19.4. The van der Waals surface area contributed by atoms with Crippen LogP contribution in [0.2, 0.25) is 0 Å². The van der Waals surface area contributed by atoms with Crippen molar-refractivity contribution in [1.29, 1.82) is 0 Å². The molecule has 0 bridgehead atoms. The van der Waals surface area contributed by atoms with Gasteiger partial charge < -0.3 is 10.2 Å². The Morgan fingerprint density at radius 3 is 2.09 bits per heavy atom. The van der Waals surface area contributed by atoms with Crippen LogP contribution in [0, 0.1) is 0 Å². The smallest absolute Gasteiger partial charge is 0.388 e. The van der Waals surface area contributed by atoms with Crippen molar-refractivity contribution in [2.24, 2.45) is 0 Å². The van der Waals surface area contributed by atoms with E-state index in [1.165, 1.54) is 12.1 Å². The van der Waals surface area contributed by atoms with E-state index >= 15 is 0 Å². The van der Waals surface area contributed by atoms with Gasteiger partial charge in [0.2, 0.25) is 0 Å². The van der Waals surface area contributed by atoms with Gasteiger partial charge >= 0.3 is 6.18 Å². The molecule has 4 rings (SSSR count). The average molecular weight is 463 g/mol. The van der Waals surface area contributed by atoms with E-state index in [2.05, 4.69) is 17.4 Å². The zero-order valence-electron chi connectivity index (χ0n) is 19.1. The van der Waals surface area contributed by atoms with Gasteiger partial charge in [-0.25, -0.2) is 0 Å². The van der Waals surface area contributed by atoms with E-state index in [0.29, 0.717) is 11.1 Å². The Kier molecular flexibility index (Phi) is 6.33. The van der Waals surface area contributed by atoms with Crippen LogP contribution in [0.15, 0.2) is 84.9 Å². The minimum absolute atomic E-state index is 0.129. The van der Waals surface area contributed by atoms with Crippen LogP contribution in [0.25, 0.3) is 21.9 Å². The quantitative estimate of drug-likeness (QED) is 0.335. The third-order valence-corrected chi connectivity index (χ3v) is 6.23. The minimum atomic E-state index is -4.37. The second kappa shape index (κ2) is 9.21. The Labute approximate surface area is 196 Å². The van der Waals surface area contributed by atoms with Crippen molar-refractivity contribution < 1.29 is 18.0 Å². The van der Waals surface area contributed by atoms with Crippen molar-refractivity contribution in [3.63, 3.8) is 0 Å². The van der Waals surface area contributed by atoms with Gasteiger partial charge in [-0.3, -0.25) is 4.79 Å². The summed E-state index contributed by atoms with van der Waals surface area (Å²) in [6, 6.07) is 24.0. The molecule has 1 amide bonds. The molecule has 0 saturated carbocycles. The van der Waals surface area contributed by atoms with Gasteiger partial charge in [-0.15, -0.1) is 0 Å². The molecule has 1 atom stereocenters. The standard InChI is InChI=1S/C28H25F3N2O/c1-18(25-6-4-5-22-17-24(32-2)15-16-26(22)25)33(3)27(34)21-9-7-19(8-10-21)20-11-13-23(14-12-20)28(29,30)31/h4-18,32H,1-3H3. The largest absolute Gasteiger partial charge is 0.416 e. The van der Waals surface area contributed by atoms with Crippen LogP contribution in [-0.4, -0.2) is 24.9 Å². The van der Waals surface area contributed by atoms with Crippen LogP contribution in [0.3, 0.4) is 0 Å². The van der Waals surface area contributed by atoms with E-state index in [0.717, 1.165) is 39.7 Å². The highest BCUT2D eigenvalue weighted by molar-refractivity contribution is 5.95. The van der Waals surface area contributed by atoms with Gasteiger partial charge in [-0.2, -0.15) is 13.2 Å². The lowest BCUT2D eigenvalue weighted by molar-refractivity contribution is -0.137. The molecular formula is C28H25F3N2O. The van der Waals surface area contributed by atoms with Crippen molar-refractivity contribution in [1.82, 2.24) is 4.90 Å². The Hall–Kier alpha value is -3.80. The number of hydrogen-bond acceptors (Lipinski definition) is 2. The van der Waals surface area contributed by atoms with Crippen LogP contribution in [0.4, 0.5) is 18.9 Å². The number of fused-ring (bicyclic) bond motifs is 1. The third-order valence-electron chi connectivity index (χ3n) is 6.23. The number of carbonyl (C=O) groups is 1. The topological polar surface area (TPSA) is 32.3 Å². The molecule has 0 fully saturated rings. The fraction of sp³-hybridized carbons (Fsp3) is 0.179. The van der Waals surface area contributed by atoms with E-state index in [4.69, 9.17) is 0 Å². The summed E-state index contributed by atoms with van der Waals surface area (Å²) in [5.74, 6) is -0.129. The molecule has 0 aliphatic carbocycles. The van der Waals surface area contributed by atoms with Gasteiger partial charge in [-0.1, -0.05) is 48.5 Å². The first-order valence-electron chi connectivity index (χ1n) is 10.9. The summed E-state index contributed by atoms with van der Waals surface area (Å²) >= 11 is 0.